The van der Waals surface area contributed by atoms with Crippen LogP contribution in [0.3, 0.4) is 0 Å². The highest BCUT2D eigenvalue weighted by Gasteiger charge is 2.33. The van der Waals surface area contributed by atoms with E-state index in [4.69, 9.17) is 4.74 Å². The first-order chi connectivity index (χ1) is 9.74. The molecule has 2 heterocycles. The van der Waals surface area contributed by atoms with Gasteiger partial charge in [-0.1, -0.05) is 0 Å². The van der Waals surface area contributed by atoms with Crippen LogP contribution in [0.25, 0.3) is 0 Å². The molecule has 0 spiro atoms. The SMILES string of the molecule is O=C1COC(C2CCNCC2)CN1c1ccc(F)cc1. The van der Waals surface area contributed by atoms with Crippen LogP contribution in [0.4, 0.5) is 10.1 Å². The van der Waals surface area contributed by atoms with E-state index in [1.54, 1.807) is 17.0 Å². The highest BCUT2D eigenvalue weighted by Crippen LogP contribution is 2.26. The number of halogens is 1. The molecular weight excluding hydrogens is 259 g/mol. The van der Waals surface area contributed by atoms with Crippen LogP contribution in [0.5, 0.6) is 0 Å². The van der Waals surface area contributed by atoms with E-state index < -0.39 is 0 Å². The van der Waals surface area contributed by atoms with Gasteiger partial charge in [-0.25, -0.2) is 4.39 Å². The molecule has 1 amide bonds. The highest BCUT2D eigenvalue weighted by atomic mass is 19.1. The van der Waals surface area contributed by atoms with Crippen molar-refractivity contribution in [2.45, 2.75) is 18.9 Å². The van der Waals surface area contributed by atoms with Crippen LogP contribution >= 0.6 is 0 Å². The molecule has 3 rings (SSSR count). The van der Waals surface area contributed by atoms with Crippen LogP contribution in [-0.4, -0.2) is 38.3 Å². The fraction of sp³-hybridized carbons (Fsp3) is 0.533. The van der Waals surface area contributed by atoms with Crippen LogP contribution in [0.15, 0.2) is 24.3 Å². The van der Waals surface area contributed by atoms with E-state index in [1.165, 1.54) is 12.1 Å². The second-order valence-corrected chi connectivity index (χ2v) is 5.42. The fourth-order valence-electron chi connectivity index (χ4n) is 2.96. The molecule has 1 aromatic rings. The zero-order valence-electron chi connectivity index (χ0n) is 11.3. The minimum atomic E-state index is -0.288. The second-order valence-electron chi connectivity index (χ2n) is 5.42. The molecule has 1 atom stereocenters. The maximum atomic E-state index is 13.0. The molecule has 0 radical (unpaired) electrons. The van der Waals surface area contributed by atoms with E-state index in [2.05, 4.69) is 5.32 Å². The maximum absolute atomic E-state index is 13.0. The summed E-state index contributed by atoms with van der Waals surface area (Å²) >= 11 is 0. The molecule has 20 heavy (non-hydrogen) atoms. The molecular formula is C15H19FN2O2. The van der Waals surface area contributed by atoms with Crippen molar-refractivity contribution in [3.8, 4) is 0 Å². The van der Waals surface area contributed by atoms with Crippen LogP contribution in [0, 0.1) is 11.7 Å². The van der Waals surface area contributed by atoms with Crippen molar-refractivity contribution in [2.24, 2.45) is 5.92 Å². The summed E-state index contributed by atoms with van der Waals surface area (Å²) in [5, 5.41) is 3.33. The molecule has 4 nitrogen and oxygen atoms in total. The van der Waals surface area contributed by atoms with Crippen molar-refractivity contribution in [1.82, 2.24) is 5.32 Å². The van der Waals surface area contributed by atoms with Crippen molar-refractivity contribution in [3.63, 3.8) is 0 Å². The van der Waals surface area contributed by atoms with Crippen LogP contribution in [-0.2, 0) is 9.53 Å². The van der Waals surface area contributed by atoms with E-state index in [1.807, 2.05) is 0 Å². The van der Waals surface area contributed by atoms with Gasteiger partial charge >= 0.3 is 0 Å². The Hall–Kier alpha value is -1.46. The molecule has 0 aliphatic carbocycles. The Morgan fingerprint density at radius 1 is 1.20 bits per heavy atom. The summed E-state index contributed by atoms with van der Waals surface area (Å²) in [7, 11) is 0. The van der Waals surface area contributed by atoms with Crippen molar-refractivity contribution in [1.29, 1.82) is 0 Å². The fourth-order valence-corrected chi connectivity index (χ4v) is 2.96. The smallest absolute Gasteiger partial charge is 0.253 e. The minimum absolute atomic E-state index is 0.0539. The molecule has 2 saturated heterocycles. The lowest BCUT2D eigenvalue weighted by Crippen LogP contribution is -2.51. The number of nitrogens with one attached hydrogen (secondary N) is 1. The standard InChI is InChI=1S/C15H19FN2O2/c16-12-1-3-13(4-2-12)18-9-14(20-10-15(18)19)11-5-7-17-8-6-11/h1-4,11,14,17H,5-10H2. The van der Waals surface area contributed by atoms with Crippen molar-refractivity contribution >= 4 is 11.6 Å². The van der Waals surface area contributed by atoms with E-state index in [0.717, 1.165) is 31.6 Å². The van der Waals surface area contributed by atoms with Crippen LogP contribution in [0.2, 0.25) is 0 Å². The van der Waals surface area contributed by atoms with Gasteiger partial charge in [-0.15, -0.1) is 0 Å². The van der Waals surface area contributed by atoms with Gasteiger partial charge < -0.3 is 15.0 Å². The predicted octanol–water partition coefficient (Wildman–Crippen LogP) is 1.56. The number of carbonyl (C=O) groups is 1. The summed E-state index contributed by atoms with van der Waals surface area (Å²) < 4.78 is 18.7. The van der Waals surface area contributed by atoms with Gasteiger partial charge in [-0.3, -0.25) is 4.79 Å². The molecule has 2 aliphatic heterocycles. The summed E-state index contributed by atoms with van der Waals surface area (Å²) in [6.45, 7) is 2.70. The third-order valence-electron chi connectivity index (χ3n) is 4.13. The summed E-state index contributed by atoms with van der Waals surface area (Å²) in [4.78, 5) is 13.7. The maximum Gasteiger partial charge on any atom is 0.253 e. The van der Waals surface area contributed by atoms with Gasteiger partial charge in [0.25, 0.3) is 5.91 Å². The first-order valence-electron chi connectivity index (χ1n) is 7.12. The van der Waals surface area contributed by atoms with Gasteiger partial charge in [0.05, 0.1) is 12.6 Å². The molecule has 2 fully saturated rings. The Morgan fingerprint density at radius 2 is 1.90 bits per heavy atom. The van der Waals surface area contributed by atoms with Crippen molar-refractivity contribution in [3.05, 3.63) is 30.1 Å². The number of anilines is 1. The Kier molecular flexibility index (Phi) is 3.98. The monoisotopic (exact) mass is 278 g/mol. The first-order valence-corrected chi connectivity index (χ1v) is 7.12. The van der Waals surface area contributed by atoms with Gasteiger partial charge in [0, 0.05) is 5.69 Å². The quantitative estimate of drug-likeness (QED) is 0.892. The Labute approximate surface area is 117 Å². The number of carbonyl (C=O) groups excluding carboxylic acids is 1. The number of nitrogens with zero attached hydrogens (tertiary/aromatic N) is 1. The lowest BCUT2D eigenvalue weighted by Gasteiger charge is -2.38. The van der Waals surface area contributed by atoms with Crippen LogP contribution in [0.1, 0.15) is 12.8 Å². The molecule has 1 N–H and O–H groups in total. The Bertz CT molecular complexity index is 471. The summed E-state index contributed by atoms with van der Waals surface area (Å²) in [5.74, 6) is 0.151. The van der Waals surface area contributed by atoms with Gasteiger partial charge in [0.15, 0.2) is 0 Å². The molecule has 1 unspecified atom stereocenters. The lowest BCUT2D eigenvalue weighted by molar-refractivity contribution is -0.131. The van der Waals surface area contributed by atoms with Crippen molar-refractivity contribution < 1.29 is 13.9 Å². The van der Waals surface area contributed by atoms with E-state index in [-0.39, 0.29) is 24.4 Å². The van der Waals surface area contributed by atoms with E-state index in [9.17, 15) is 9.18 Å². The number of ether oxygens (including phenoxy) is 1. The average molecular weight is 278 g/mol. The molecule has 108 valence electrons. The molecule has 0 aromatic heterocycles. The average Bonchev–Trinajstić information content (AvgIpc) is 2.50. The van der Waals surface area contributed by atoms with Gasteiger partial charge in [-0.2, -0.15) is 0 Å². The number of morpholine rings is 1. The third kappa shape index (κ3) is 2.83. The molecule has 1 aromatic carbocycles. The summed E-state index contributed by atoms with van der Waals surface area (Å²) in [6.07, 6.45) is 2.24. The zero-order chi connectivity index (χ0) is 13.9. The van der Waals surface area contributed by atoms with Gasteiger partial charge in [-0.05, 0) is 56.1 Å². The Balaban J connectivity index is 1.72. The molecule has 2 aliphatic rings. The van der Waals surface area contributed by atoms with Gasteiger partial charge in [0.1, 0.15) is 12.4 Å². The van der Waals surface area contributed by atoms with E-state index in [0.29, 0.717) is 12.5 Å². The van der Waals surface area contributed by atoms with E-state index >= 15 is 0 Å². The zero-order valence-corrected chi connectivity index (χ0v) is 11.3. The summed E-state index contributed by atoms with van der Waals surface area (Å²) in [6, 6.07) is 6.07. The largest absolute Gasteiger partial charge is 0.366 e. The normalized spacial score (nSPS) is 24.9. The predicted molar refractivity (Wildman–Crippen MR) is 74.1 cm³/mol. The minimum Gasteiger partial charge on any atom is -0.366 e. The number of amides is 1. The molecule has 0 saturated carbocycles. The number of piperidine rings is 1. The van der Waals surface area contributed by atoms with Gasteiger partial charge in [0.2, 0.25) is 0 Å². The lowest BCUT2D eigenvalue weighted by atomic mass is 9.91. The number of hydrogen-bond donors (Lipinski definition) is 1. The molecule has 0 bridgehead atoms. The number of hydrogen-bond acceptors (Lipinski definition) is 3. The molecule has 5 heteroatoms. The summed E-state index contributed by atoms with van der Waals surface area (Å²) in [5.41, 5.74) is 0.749. The number of benzene rings is 1. The first kappa shape index (κ1) is 13.5. The van der Waals surface area contributed by atoms with Crippen LogP contribution < -0.4 is 10.2 Å². The Morgan fingerprint density at radius 3 is 2.60 bits per heavy atom. The number of rotatable bonds is 2. The highest BCUT2D eigenvalue weighted by molar-refractivity contribution is 5.94. The third-order valence-corrected chi connectivity index (χ3v) is 4.13. The second kappa shape index (κ2) is 5.89. The topological polar surface area (TPSA) is 41.6 Å². The van der Waals surface area contributed by atoms with Crippen molar-refractivity contribution in [2.75, 3.05) is 31.1 Å².